The lowest BCUT2D eigenvalue weighted by Crippen LogP contribution is -2.60. The first-order valence-corrected chi connectivity index (χ1v) is 14.1. The SMILES string of the molecule is C[C@]12CCC(=O)C=C1CC[C@@H]1[C@@H]2CC[C@@]2(C)[C@H]1CC[C@]2(O)C(=O)CN1CCN(c2ccccn2)CC1.Cl.Cl.O. The predicted molar refractivity (Wildman–Crippen MR) is 158 cm³/mol. The minimum absolute atomic E-state index is 0. The lowest BCUT2D eigenvalue weighted by atomic mass is 9.46. The number of anilines is 1. The third kappa shape index (κ3) is 5.07. The fraction of sp³-hybridized carbons (Fsp3) is 0.700. The number of hydrogen-bond donors (Lipinski definition) is 1. The minimum atomic E-state index is -1.22. The van der Waals surface area contributed by atoms with Crippen molar-refractivity contribution in [2.24, 2.45) is 28.6 Å². The van der Waals surface area contributed by atoms with Crippen LogP contribution in [-0.4, -0.2) is 70.4 Å². The van der Waals surface area contributed by atoms with Crippen LogP contribution in [0.25, 0.3) is 0 Å². The van der Waals surface area contributed by atoms with Gasteiger partial charge in [0.25, 0.3) is 0 Å². The topological polar surface area (TPSA) is 105 Å². The molecule has 0 spiro atoms. The van der Waals surface area contributed by atoms with Gasteiger partial charge in [-0.1, -0.05) is 25.5 Å². The Morgan fingerprint density at radius 3 is 2.41 bits per heavy atom. The van der Waals surface area contributed by atoms with E-state index in [2.05, 4.69) is 28.6 Å². The zero-order valence-corrected chi connectivity index (χ0v) is 24.9. The Labute approximate surface area is 244 Å². The Bertz CT molecular complexity index is 1080. The fourth-order valence-corrected chi connectivity index (χ4v) is 9.04. The van der Waals surface area contributed by atoms with Crippen LogP contribution in [0.1, 0.15) is 65.2 Å². The summed E-state index contributed by atoms with van der Waals surface area (Å²) in [4.78, 5) is 34.8. The second-order valence-electron chi connectivity index (χ2n) is 12.7. The van der Waals surface area contributed by atoms with Gasteiger partial charge in [-0.25, -0.2) is 4.98 Å². The highest BCUT2D eigenvalue weighted by Crippen LogP contribution is 2.67. The summed E-state index contributed by atoms with van der Waals surface area (Å²) >= 11 is 0. The summed E-state index contributed by atoms with van der Waals surface area (Å²) in [6.45, 7) is 8.28. The van der Waals surface area contributed by atoms with E-state index in [1.54, 1.807) is 0 Å². The van der Waals surface area contributed by atoms with E-state index in [1.165, 1.54) is 5.57 Å². The van der Waals surface area contributed by atoms with Gasteiger partial charge in [0.1, 0.15) is 11.4 Å². The number of ketones is 2. The quantitative estimate of drug-likeness (QED) is 0.575. The fourth-order valence-electron chi connectivity index (χ4n) is 9.04. The Morgan fingerprint density at radius 2 is 1.72 bits per heavy atom. The molecule has 39 heavy (non-hydrogen) atoms. The summed E-state index contributed by atoms with van der Waals surface area (Å²) in [6.07, 6.45) is 11.0. The molecule has 5 aliphatic rings. The molecule has 9 heteroatoms. The van der Waals surface area contributed by atoms with Crippen LogP contribution < -0.4 is 4.90 Å². The second-order valence-corrected chi connectivity index (χ2v) is 12.7. The summed E-state index contributed by atoms with van der Waals surface area (Å²) in [5.74, 6) is 2.82. The number of pyridine rings is 1. The predicted octanol–water partition coefficient (Wildman–Crippen LogP) is 4.05. The van der Waals surface area contributed by atoms with Crippen molar-refractivity contribution >= 4 is 42.2 Å². The first kappa shape index (κ1) is 32.0. The highest BCUT2D eigenvalue weighted by atomic mass is 35.5. The van der Waals surface area contributed by atoms with Crippen LogP contribution in [0.5, 0.6) is 0 Å². The molecule has 3 saturated carbocycles. The summed E-state index contributed by atoms with van der Waals surface area (Å²) < 4.78 is 0. The van der Waals surface area contributed by atoms with Crippen LogP contribution in [0.15, 0.2) is 36.0 Å². The van der Waals surface area contributed by atoms with Crippen molar-refractivity contribution in [1.82, 2.24) is 9.88 Å². The van der Waals surface area contributed by atoms with E-state index in [4.69, 9.17) is 0 Å². The van der Waals surface area contributed by atoms with Gasteiger partial charge in [0.15, 0.2) is 11.6 Å². The molecular formula is C30H45Cl2N3O4. The van der Waals surface area contributed by atoms with Gasteiger partial charge in [-0.3, -0.25) is 14.5 Å². The normalized spacial score (nSPS) is 37.6. The molecule has 4 aliphatic carbocycles. The number of carbonyl (C=O) groups is 2. The maximum Gasteiger partial charge on any atom is 0.178 e. The number of Topliss-reactive ketones (excluding diaryl/α,β-unsaturated/α-hetero) is 1. The first-order valence-electron chi connectivity index (χ1n) is 14.1. The summed E-state index contributed by atoms with van der Waals surface area (Å²) in [7, 11) is 0. The highest BCUT2D eigenvalue weighted by Gasteiger charge is 2.66. The van der Waals surface area contributed by atoms with Gasteiger partial charge < -0.3 is 15.5 Å². The molecule has 0 radical (unpaired) electrons. The number of aromatic nitrogens is 1. The highest BCUT2D eigenvalue weighted by molar-refractivity contribution is 5.92. The maximum absolute atomic E-state index is 13.8. The van der Waals surface area contributed by atoms with Crippen LogP contribution in [-0.2, 0) is 9.59 Å². The lowest BCUT2D eigenvalue weighted by Gasteiger charge is -2.59. The number of allylic oxidation sites excluding steroid dienone is 1. The molecular weight excluding hydrogens is 537 g/mol. The molecule has 7 nitrogen and oxygen atoms in total. The van der Waals surface area contributed by atoms with Gasteiger partial charge in [-0.05, 0) is 86.3 Å². The average Bonchev–Trinajstić information content (AvgIpc) is 3.17. The smallest absolute Gasteiger partial charge is 0.178 e. The van der Waals surface area contributed by atoms with Crippen LogP contribution in [0.2, 0.25) is 0 Å². The number of fused-ring (bicyclic) bond motifs is 5. The number of halogens is 2. The number of aliphatic hydroxyl groups is 1. The van der Waals surface area contributed by atoms with Crippen LogP contribution >= 0.6 is 24.8 Å². The molecule has 0 aromatic carbocycles. The molecule has 0 bridgehead atoms. The van der Waals surface area contributed by atoms with Gasteiger partial charge in [0, 0.05) is 44.2 Å². The maximum atomic E-state index is 13.8. The minimum Gasteiger partial charge on any atom is -0.412 e. The third-order valence-electron chi connectivity index (χ3n) is 11.3. The van der Waals surface area contributed by atoms with E-state index >= 15 is 0 Å². The summed E-state index contributed by atoms with van der Waals surface area (Å²) in [5.41, 5.74) is -0.0719. The number of hydrogen-bond acceptors (Lipinski definition) is 6. The number of rotatable bonds is 4. The Hall–Kier alpha value is -1.51. The van der Waals surface area contributed by atoms with Crippen molar-refractivity contribution < 1.29 is 20.2 Å². The monoisotopic (exact) mass is 581 g/mol. The van der Waals surface area contributed by atoms with Gasteiger partial charge in [-0.15, -0.1) is 24.8 Å². The zero-order valence-electron chi connectivity index (χ0n) is 23.2. The molecule has 218 valence electrons. The van der Waals surface area contributed by atoms with Crippen molar-refractivity contribution in [2.75, 3.05) is 37.6 Å². The van der Waals surface area contributed by atoms with Crippen molar-refractivity contribution in [3.05, 3.63) is 36.0 Å². The Balaban J connectivity index is 0.00000140. The van der Waals surface area contributed by atoms with Crippen molar-refractivity contribution in [2.45, 2.75) is 70.8 Å². The number of nitrogens with zero attached hydrogens (tertiary/aromatic N) is 3. The standard InChI is InChI=1S/C30H41N3O3.2ClH.H2O/c1-28-11-8-22(34)19-21(28)6-7-23-24(28)9-12-29(2)25(23)10-13-30(29,36)26(35)20-32-15-17-33(18-16-32)27-5-3-4-14-31-27;;;/h3-5,14,19,23-25,36H,6-13,15-18,20H2,1-2H3;2*1H;1H2/t23-,24+,25+,28+,29+,30+;;;/m1.../s1. The zero-order chi connectivity index (χ0) is 25.1. The average molecular weight is 583 g/mol. The van der Waals surface area contributed by atoms with E-state index in [9.17, 15) is 14.7 Å². The van der Waals surface area contributed by atoms with E-state index in [0.29, 0.717) is 42.9 Å². The van der Waals surface area contributed by atoms with Gasteiger partial charge >= 0.3 is 0 Å². The lowest BCUT2D eigenvalue weighted by molar-refractivity contribution is -0.163. The van der Waals surface area contributed by atoms with Crippen molar-refractivity contribution in [3.8, 4) is 0 Å². The van der Waals surface area contributed by atoms with Gasteiger partial charge in [0.05, 0.1) is 6.54 Å². The van der Waals surface area contributed by atoms with E-state index < -0.39 is 5.60 Å². The molecule has 0 amide bonds. The Morgan fingerprint density at radius 1 is 1.00 bits per heavy atom. The van der Waals surface area contributed by atoms with Gasteiger partial charge in [0.2, 0.25) is 0 Å². The van der Waals surface area contributed by atoms with Crippen molar-refractivity contribution in [1.29, 1.82) is 0 Å². The molecule has 1 aliphatic heterocycles. The summed E-state index contributed by atoms with van der Waals surface area (Å²) in [6, 6.07) is 5.98. The first-order chi connectivity index (χ1) is 17.2. The second kappa shape index (κ2) is 11.8. The summed E-state index contributed by atoms with van der Waals surface area (Å²) in [5, 5.41) is 12.0. The van der Waals surface area contributed by atoms with Crippen molar-refractivity contribution in [3.63, 3.8) is 0 Å². The largest absolute Gasteiger partial charge is 0.412 e. The van der Waals surface area contributed by atoms with E-state index in [0.717, 1.165) is 70.5 Å². The molecule has 1 aromatic heterocycles. The van der Waals surface area contributed by atoms with E-state index in [1.807, 2.05) is 30.5 Å². The third-order valence-corrected chi connectivity index (χ3v) is 11.3. The molecule has 0 unspecified atom stereocenters. The molecule has 6 atom stereocenters. The molecule has 2 heterocycles. The van der Waals surface area contributed by atoms with E-state index in [-0.39, 0.29) is 46.9 Å². The molecule has 3 N–H and O–H groups in total. The van der Waals surface area contributed by atoms with Gasteiger partial charge in [-0.2, -0.15) is 0 Å². The van der Waals surface area contributed by atoms with Crippen LogP contribution in [0, 0.1) is 28.6 Å². The number of piperazine rings is 1. The molecule has 1 aromatic rings. The number of carbonyl (C=O) groups excluding carboxylic acids is 2. The molecule has 1 saturated heterocycles. The molecule has 4 fully saturated rings. The molecule has 6 rings (SSSR count). The Kier molecular flexibility index (Phi) is 9.66. The van der Waals surface area contributed by atoms with Crippen LogP contribution in [0.4, 0.5) is 5.82 Å². The van der Waals surface area contributed by atoms with Crippen LogP contribution in [0.3, 0.4) is 0 Å².